The fraction of sp³-hybridized carbons (Fsp3) is 0.333. The molecule has 5 aromatic rings. The summed E-state index contributed by atoms with van der Waals surface area (Å²) in [6.07, 6.45) is 4.22. The first kappa shape index (κ1) is 23.0. The van der Waals surface area contributed by atoms with Gasteiger partial charge in [-0.15, -0.1) is 5.10 Å². The zero-order chi connectivity index (χ0) is 26.0. The van der Waals surface area contributed by atoms with Gasteiger partial charge < -0.3 is 10.3 Å². The maximum Gasteiger partial charge on any atom is 0.301 e. The smallest absolute Gasteiger partial charge is 0.301 e. The molecule has 194 valence electrons. The van der Waals surface area contributed by atoms with Gasteiger partial charge in [-0.05, 0) is 43.0 Å². The van der Waals surface area contributed by atoms with E-state index in [9.17, 15) is 8.78 Å². The highest BCUT2D eigenvalue weighted by molar-refractivity contribution is 5.89. The summed E-state index contributed by atoms with van der Waals surface area (Å²) in [6.45, 7) is 2.56. The fourth-order valence-electron chi connectivity index (χ4n) is 5.29. The lowest BCUT2D eigenvalue weighted by atomic mass is 10.0. The number of benzene rings is 2. The highest BCUT2D eigenvalue weighted by Crippen LogP contribution is 2.47. The Morgan fingerprint density at radius 1 is 1.08 bits per heavy atom. The first-order chi connectivity index (χ1) is 18.4. The number of H-pyrrole nitrogens is 2. The van der Waals surface area contributed by atoms with Crippen LogP contribution in [-0.4, -0.2) is 52.9 Å². The van der Waals surface area contributed by atoms with Crippen LogP contribution in [0, 0.1) is 0 Å². The number of anilines is 2. The molecule has 9 nitrogen and oxygen atoms in total. The van der Waals surface area contributed by atoms with Crippen molar-refractivity contribution >= 4 is 22.5 Å². The SMILES string of the molecule is CCN1Cc2nc(-c3ccc(-c4nc(Nc5ccc6[nH]ncc6c5C5CC5)n(C)n4)cc3)[nH]c2C(F)(F)C1. The predicted molar refractivity (Wildman–Crippen MR) is 140 cm³/mol. The number of rotatable bonds is 6. The Hall–Kier alpha value is -4.12. The van der Waals surface area contributed by atoms with Crippen molar-refractivity contribution in [3.8, 4) is 22.8 Å². The molecule has 0 spiro atoms. The summed E-state index contributed by atoms with van der Waals surface area (Å²) in [5, 5.41) is 16.5. The van der Waals surface area contributed by atoms with Crippen molar-refractivity contribution in [1.82, 2.24) is 39.8 Å². The molecule has 0 radical (unpaired) electrons. The summed E-state index contributed by atoms with van der Waals surface area (Å²) in [6, 6.07) is 11.6. The van der Waals surface area contributed by atoms with Crippen molar-refractivity contribution in [3.63, 3.8) is 0 Å². The Labute approximate surface area is 217 Å². The number of hydrogen-bond acceptors (Lipinski definition) is 6. The van der Waals surface area contributed by atoms with Gasteiger partial charge in [0, 0.05) is 35.8 Å². The van der Waals surface area contributed by atoms with E-state index in [4.69, 9.17) is 4.98 Å². The molecule has 0 amide bonds. The number of fused-ring (bicyclic) bond motifs is 2. The van der Waals surface area contributed by atoms with E-state index in [0.717, 1.165) is 27.7 Å². The van der Waals surface area contributed by atoms with Crippen LogP contribution in [0.3, 0.4) is 0 Å². The summed E-state index contributed by atoms with van der Waals surface area (Å²) in [5.41, 5.74) is 5.19. The van der Waals surface area contributed by atoms with Crippen molar-refractivity contribution in [3.05, 3.63) is 59.5 Å². The number of aromatic amines is 2. The highest BCUT2D eigenvalue weighted by Gasteiger charge is 2.42. The van der Waals surface area contributed by atoms with Crippen LogP contribution < -0.4 is 5.32 Å². The van der Waals surface area contributed by atoms with Crippen molar-refractivity contribution in [2.75, 3.05) is 18.4 Å². The van der Waals surface area contributed by atoms with Gasteiger partial charge in [0.25, 0.3) is 0 Å². The molecule has 0 saturated heterocycles. The van der Waals surface area contributed by atoms with Gasteiger partial charge in [-0.25, -0.2) is 9.67 Å². The molecule has 2 aromatic carbocycles. The molecule has 7 rings (SSSR count). The third-order valence-corrected chi connectivity index (χ3v) is 7.46. The van der Waals surface area contributed by atoms with E-state index >= 15 is 0 Å². The Morgan fingerprint density at radius 3 is 2.63 bits per heavy atom. The lowest BCUT2D eigenvalue weighted by molar-refractivity contribution is -0.0548. The van der Waals surface area contributed by atoms with Crippen LogP contribution in [0.2, 0.25) is 0 Å². The molecular formula is C27H27F2N9. The molecule has 1 aliphatic heterocycles. The van der Waals surface area contributed by atoms with Gasteiger partial charge in [-0.3, -0.25) is 10.00 Å². The second kappa shape index (κ2) is 8.45. The Bertz CT molecular complexity index is 1640. The molecular weight excluding hydrogens is 488 g/mol. The van der Waals surface area contributed by atoms with Gasteiger partial charge in [0.15, 0.2) is 5.82 Å². The average molecular weight is 516 g/mol. The Morgan fingerprint density at radius 2 is 1.87 bits per heavy atom. The highest BCUT2D eigenvalue weighted by atomic mass is 19.3. The molecule has 0 unspecified atom stereocenters. The third kappa shape index (κ3) is 3.85. The number of aromatic nitrogens is 7. The number of halogens is 2. The van der Waals surface area contributed by atoms with Gasteiger partial charge in [0.05, 0.1) is 24.0 Å². The zero-order valence-corrected chi connectivity index (χ0v) is 21.1. The molecule has 1 aliphatic carbocycles. The summed E-state index contributed by atoms with van der Waals surface area (Å²) < 4.78 is 31.0. The zero-order valence-electron chi connectivity index (χ0n) is 21.1. The standard InChI is InChI=1S/C27H27F2N9/c1-3-38-13-21-23(27(28,29)14-38)33-24(31-21)16-6-8-17(9-7-16)25-34-26(37(2)36-25)32-20-11-10-19-18(12-30-35-19)22(20)15-4-5-15/h6-12,15H,3-5,13-14H2,1-2H3,(H,30,35)(H,31,33)(H,32,34,36). The number of alkyl halides is 2. The molecule has 1 fully saturated rings. The monoisotopic (exact) mass is 515 g/mol. The molecule has 3 N–H and O–H groups in total. The minimum atomic E-state index is -2.95. The summed E-state index contributed by atoms with van der Waals surface area (Å²) >= 11 is 0. The van der Waals surface area contributed by atoms with Crippen molar-refractivity contribution < 1.29 is 8.78 Å². The van der Waals surface area contributed by atoms with E-state index in [0.29, 0.717) is 42.3 Å². The lowest BCUT2D eigenvalue weighted by Gasteiger charge is -2.30. The number of likely N-dealkylation sites (N-methyl/N-ethyl adjacent to an activating group) is 1. The minimum Gasteiger partial charge on any atom is -0.337 e. The largest absolute Gasteiger partial charge is 0.337 e. The quantitative estimate of drug-likeness (QED) is 0.284. The van der Waals surface area contributed by atoms with Crippen LogP contribution in [-0.2, 0) is 19.5 Å². The molecule has 1 saturated carbocycles. The molecule has 2 aliphatic rings. The van der Waals surface area contributed by atoms with Crippen LogP contribution in [0.25, 0.3) is 33.7 Å². The van der Waals surface area contributed by atoms with Gasteiger partial charge >= 0.3 is 5.92 Å². The average Bonchev–Trinajstić information content (AvgIpc) is 3.29. The topological polar surface area (TPSA) is 103 Å². The number of nitrogens with zero attached hydrogens (tertiary/aromatic N) is 6. The van der Waals surface area contributed by atoms with Gasteiger partial charge in [0.1, 0.15) is 11.5 Å². The number of aryl methyl sites for hydroxylation is 1. The van der Waals surface area contributed by atoms with Crippen LogP contribution in [0.15, 0.2) is 42.6 Å². The number of nitrogens with one attached hydrogen (secondary N) is 3. The summed E-state index contributed by atoms with van der Waals surface area (Å²) in [4.78, 5) is 13.8. The molecule has 4 heterocycles. The van der Waals surface area contributed by atoms with Crippen LogP contribution >= 0.6 is 0 Å². The second-order valence-electron chi connectivity index (χ2n) is 10.1. The van der Waals surface area contributed by atoms with Crippen LogP contribution in [0.4, 0.5) is 20.4 Å². The van der Waals surface area contributed by atoms with E-state index in [-0.39, 0.29) is 12.2 Å². The van der Waals surface area contributed by atoms with E-state index in [1.807, 2.05) is 50.5 Å². The molecule has 0 bridgehead atoms. The number of imidazole rings is 1. The lowest BCUT2D eigenvalue weighted by Crippen LogP contribution is -2.40. The Balaban J connectivity index is 1.15. The van der Waals surface area contributed by atoms with Crippen molar-refractivity contribution in [1.29, 1.82) is 0 Å². The predicted octanol–water partition coefficient (Wildman–Crippen LogP) is 5.30. The summed E-state index contributed by atoms with van der Waals surface area (Å²) in [7, 11) is 1.85. The molecule has 3 aromatic heterocycles. The van der Waals surface area contributed by atoms with E-state index in [1.165, 1.54) is 18.4 Å². The molecule has 11 heteroatoms. The van der Waals surface area contributed by atoms with Crippen LogP contribution in [0.5, 0.6) is 0 Å². The van der Waals surface area contributed by atoms with Gasteiger partial charge in [-0.2, -0.15) is 18.9 Å². The second-order valence-corrected chi connectivity index (χ2v) is 10.1. The maximum absolute atomic E-state index is 14.6. The third-order valence-electron chi connectivity index (χ3n) is 7.46. The van der Waals surface area contributed by atoms with Gasteiger partial charge in [0.2, 0.25) is 5.95 Å². The summed E-state index contributed by atoms with van der Waals surface area (Å²) in [5.74, 6) is -0.774. The molecule has 0 atom stereocenters. The van der Waals surface area contributed by atoms with E-state index in [1.54, 1.807) is 9.58 Å². The van der Waals surface area contributed by atoms with Crippen molar-refractivity contribution in [2.45, 2.75) is 38.2 Å². The maximum atomic E-state index is 14.6. The molecule has 38 heavy (non-hydrogen) atoms. The van der Waals surface area contributed by atoms with Crippen molar-refractivity contribution in [2.24, 2.45) is 7.05 Å². The number of hydrogen-bond donors (Lipinski definition) is 3. The first-order valence-electron chi connectivity index (χ1n) is 12.8. The first-order valence-corrected chi connectivity index (χ1v) is 12.8. The van der Waals surface area contributed by atoms with E-state index < -0.39 is 5.92 Å². The Kier molecular flexibility index (Phi) is 5.12. The van der Waals surface area contributed by atoms with E-state index in [2.05, 4.69) is 36.6 Å². The van der Waals surface area contributed by atoms with Crippen LogP contribution in [0.1, 0.15) is 42.6 Å². The fourth-order valence-corrected chi connectivity index (χ4v) is 5.29. The normalized spacial score (nSPS) is 17.2. The van der Waals surface area contributed by atoms with Gasteiger partial charge in [-0.1, -0.05) is 31.2 Å². The minimum absolute atomic E-state index is 0.0810.